The van der Waals surface area contributed by atoms with Crippen molar-refractivity contribution >= 4 is 65.5 Å². The molecule has 0 aliphatic heterocycles. The molecule has 0 aliphatic rings. The van der Waals surface area contributed by atoms with Crippen LogP contribution in [0.2, 0.25) is 0 Å². The minimum absolute atomic E-state index is 0. The first-order valence-corrected chi connectivity index (χ1v) is 18.4. The van der Waals surface area contributed by atoms with E-state index < -0.39 is 0 Å². The van der Waals surface area contributed by atoms with Crippen LogP contribution >= 0.6 is 15.9 Å². The van der Waals surface area contributed by atoms with E-state index in [1.54, 1.807) is 0 Å². The number of hydrogen-bond donors (Lipinski definition) is 1. The summed E-state index contributed by atoms with van der Waals surface area (Å²) in [4.78, 5) is 0. The van der Waals surface area contributed by atoms with Crippen LogP contribution in [0.3, 0.4) is 0 Å². The molecule has 10 rings (SSSR count). The van der Waals surface area contributed by atoms with E-state index in [9.17, 15) is 0 Å². The van der Waals surface area contributed by atoms with Crippen LogP contribution in [0.4, 0.5) is 10.4 Å². The number of fused-ring (bicyclic) bond motifs is 6. The number of furan rings is 2. The van der Waals surface area contributed by atoms with Crippen LogP contribution in [0.15, 0.2) is 207 Å². The second kappa shape index (κ2) is 16.5. The van der Waals surface area contributed by atoms with E-state index in [-0.39, 0.29) is 4.70 Å². The molecule has 10 aromatic rings. The van der Waals surface area contributed by atoms with E-state index in [1.165, 1.54) is 54.9 Å². The molecule has 0 atom stereocenters. The van der Waals surface area contributed by atoms with Gasteiger partial charge in [0.15, 0.2) is 0 Å². The fourth-order valence-electron chi connectivity index (χ4n) is 6.57. The van der Waals surface area contributed by atoms with Crippen LogP contribution in [0.25, 0.3) is 66.1 Å². The van der Waals surface area contributed by atoms with Gasteiger partial charge in [-0.1, -0.05) is 162 Å². The Balaban J connectivity index is 0.000000136. The molecule has 0 saturated carbocycles. The van der Waals surface area contributed by atoms with Crippen LogP contribution < -0.4 is 5.73 Å². The van der Waals surface area contributed by atoms with Crippen LogP contribution in [0, 0.1) is 0 Å². The van der Waals surface area contributed by atoms with Crippen LogP contribution in [-0.2, 0) is 6.42 Å². The lowest BCUT2D eigenvalue weighted by Gasteiger charge is -2.05. The number of nitrogens with two attached hydrogens (primary N) is 1. The number of nitrogen functional groups attached to an aromatic ring is 1. The van der Waals surface area contributed by atoms with Gasteiger partial charge in [0.05, 0.1) is 0 Å². The van der Waals surface area contributed by atoms with E-state index in [1.807, 2.05) is 91.0 Å². The molecule has 0 radical (unpaired) electrons. The Kier molecular flexibility index (Phi) is 11.0. The van der Waals surface area contributed by atoms with Gasteiger partial charge in [0.1, 0.15) is 22.3 Å². The highest BCUT2D eigenvalue weighted by atomic mass is 79.9. The van der Waals surface area contributed by atoms with Gasteiger partial charge in [0, 0.05) is 31.7 Å². The largest absolute Gasteiger partial charge is 0.456 e. The maximum absolute atomic E-state index is 6.01. The van der Waals surface area contributed by atoms with Crippen molar-refractivity contribution in [2.75, 3.05) is 5.73 Å². The zero-order valence-electron chi connectivity index (χ0n) is 29.4. The Morgan fingerprint density at radius 3 is 1.33 bits per heavy atom. The number of hydrogen-bond acceptors (Lipinski definition) is 3. The predicted octanol–water partition coefficient (Wildman–Crippen LogP) is 14.3. The molecule has 2 aromatic heterocycles. The second-order valence-electron chi connectivity index (χ2n) is 12.9. The highest BCUT2D eigenvalue weighted by Gasteiger charge is 2.08. The van der Waals surface area contributed by atoms with Crippen LogP contribution in [0.1, 0.15) is 11.1 Å². The number of rotatable bonds is 4. The number of halogens is 2. The van der Waals surface area contributed by atoms with E-state index >= 15 is 0 Å². The standard InChI is InChI=1S/C25H18O.C12H7BrO.C12H11N.FH/c1-2-6-20(7-3-1)21-13-10-18(11-14-21)16-19-12-15-23-22-8-4-5-9-24(22)26-25(23)17-19;13-8-5-6-10-9-3-1-2-4-11(9)14-12(10)7-8;13-12-8-6-11(7-9-12)10-4-2-1-3-5-10;/h1-15,17H,16H2;1-7H;1-9H,13H2;1H. The van der Waals surface area contributed by atoms with Crippen molar-refractivity contribution in [2.24, 2.45) is 0 Å². The normalized spacial score (nSPS) is 10.7. The Bertz CT molecular complexity index is 2760. The Morgan fingerprint density at radius 1 is 0.370 bits per heavy atom. The molecule has 264 valence electrons. The zero-order valence-corrected chi connectivity index (χ0v) is 30.9. The molecule has 0 unspecified atom stereocenters. The minimum Gasteiger partial charge on any atom is -0.456 e. The minimum atomic E-state index is 0. The Labute approximate surface area is 321 Å². The molecule has 0 spiro atoms. The SMILES string of the molecule is Brc1ccc2c(c1)oc1ccccc12.F.Nc1ccc(-c2ccccc2)cc1.c1ccc(-c2ccc(Cc3ccc4c(c3)oc3ccccc34)cc2)cc1. The van der Waals surface area contributed by atoms with Crippen molar-refractivity contribution in [1.82, 2.24) is 0 Å². The van der Waals surface area contributed by atoms with Gasteiger partial charge in [-0.15, -0.1) is 0 Å². The smallest absolute Gasteiger partial charge is 0.136 e. The summed E-state index contributed by atoms with van der Waals surface area (Å²) in [5, 5.41) is 4.71. The summed E-state index contributed by atoms with van der Waals surface area (Å²) in [6, 6.07) is 66.4. The molecule has 2 N–H and O–H groups in total. The van der Waals surface area contributed by atoms with Gasteiger partial charge in [-0.3, -0.25) is 4.70 Å². The summed E-state index contributed by atoms with van der Waals surface area (Å²) in [7, 11) is 0. The van der Waals surface area contributed by atoms with Gasteiger partial charge in [0.25, 0.3) is 0 Å². The molecule has 0 saturated heterocycles. The molecular weight excluding hydrogens is 733 g/mol. The molecule has 0 aliphatic carbocycles. The van der Waals surface area contributed by atoms with E-state index in [0.29, 0.717) is 0 Å². The maximum Gasteiger partial charge on any atom is 0.136 e. The molecule has 2 heterocycles. The van der Waals surface area contributed by atoms with Gasteiger partial charge < -0.3 is 14.6 Å². The summed E-state index contributed by atoms with van der Waals surface area (Å²) in [5.41, 5.74) is 17.7. The van der Waals surface area contributed by atoms with Crippen LogP contribution in [-0.4, -0.2) is 0 Å². The quantitative estimate of drug-likeness (QED) is 0.181. The molecule has 0 bridgehead atoms. The summed E-state index contributed by atoms with van der Waals surface area (Å²) in [6.45, 7) is 0. The fourth-order valence-corrected chi connectivity index (χ4v) is 6.91. The third-order valence-electron chi connectivity index (χ3n) is 9.27. The van der Waals surface area contributed by atoms with Gasteiger partial charge in [-0.05, 0) is 88.3 Å². The predicted molar refractivity (Wildman–Crippen MR) is 229 cm³/mol. The van der Waals surface area contributed by atoms with E-state index in [2.05, 4.69) is 119 Å². The van der Waals surface area contributed by atoms with Crippen molar-refractivity contribution in [3.63, 3.8) is 0 Å². The third kappa shape index (κ3) is 8.12. The summed E-state index contributed by atoms with van der Waals surface area (Å²) in [5.74, 6) is 0. The highest BCUT2D eigenvalue weighted by molar-refractivity contribution is 9.10. The van der Waals surface area contributed by atoms with E-state index in [0.717, 1.165) is 38.9 Å². The van der Waals surface area contributed by atoms with Crippen LogP contribution in [0.5, 0.6) is 0 Å². The lowest BCUT2D eigenvalue weighted by Crippen LogP contribution is -1.88. The zero-order chi connectivity index (χ0) is 36.0. The first kappa shape index (κ1) is 36.0. The first-order chi connectivity index (χ1) is 26.1. The van der Waals surface area contributed by atoms with Crippen molar-refractivity contribution in [2.45, 2.75) is 6.42 Å². The molecule has 8 aromatic carbocycles. The Hall–Kier alpha value is -6.43. The molecule has 3 nitrogen and oxygen atoms in total. The molecular formula is C49H37BrFNO2. The summed E-state index contributed by atoms with van der Waals surface area (Å²) >= 11 is 3.43. The maximum atomic E-state index is 6.01. The monoisotopic (exact) mass is 769 g/mol. The number of para-hydroxylation sites is 2. The van der Waals surface area contributed by atoms with Crippen molar-refractivity contribution in [3.05, 3.63) is 210 Å². The topological polar surface area (TPSA) is 52.3 Å². The van der Waals surface area contributed by atoms with Gasteiger partial charge >= 0.3 is 0 Å². The van der Waals surface area contributed by atoms with Crippen molar-refractivity contribution in [1.29, 1.82) is 0 Å². The lowest BCUT2D eigenvalue weighted by molar-refractivity contribution is 0.668. The number of anilines is 1. The lowest BCUT2D eigenvalue weighted by atomic mass is 10.00. The molecule has 54 heavy (non-hydrogen) atoms. The molecule has 0 amide bonds. The first-order valence-electron chi connectivity index (χ1n) is 17.6. The van der Waals surface area contributed by atoms with Gasteiger partial charge in [-0.25, -0.2) is 0 Å². The average Bonchev–Trinajstić information content (AvgIpc) is 3.77. The van der Waals surface area contributed by atoms with Gasteiger partial charge in [0.2, 0.25) is 0 Å². The van der Waals surface area contributed by atoms with Crippen molar-refractivity contribution in [3.8, 4) is 22.3 Å². The van der Waals surface area contributed by atoms with E-state index in [4.69, 9.17) is 14.6 Å². The second-order valence-corrected chi connectivity index (χ2v) is 13.8. The summed E-state index contributed by atoms with van der Waals surface area (Å²) < 4.78 is 12.8. The highest BCUT2D eigenvalue weighted by Crippen LogP contribution is 2.31. The molecule has 5 heteroatoms. The molecule has 0 fully saturated rings. The van der Waals surface area contributed by atoms with Crippen molar-refractivity contribution < 1.29 is 13.5 Å². The van der Waals surface area contributed by atoms with Gasteiger partial charge in [-0.2, -0.15) is 0 Å². The Morgan fingerprint density at radius 2 is 0.778 bits per heavy atom. The third-order valence-corrected chi connectivity index (χ3v) is 9.76. The average molecular weight is 771 g/mol. The number of benzene rings is 8. The fraction of sp³-hybridized carbons (Fsp3) is 0.0204. The summed E-state index contributed by atoms with van der Waals surface area (Å²) in [6.07, 6.45) is 0.905.